The maximum atomic E-state index is 14.0. The Hall–Kier alpha value is -3.37. The fourth-order valence-electron chi connectivity index (χ4n) is 5.09. The second-order valence-electron chi connectivity index (χ2n) is 11.9. The number of carbonyl (C=O) groups is 4. The van der Waals surface area contributed by atoms with Crippen LogP contribution in [0.15, 0.2) is 60.7 Å². The maximum absolute atomic E-state index is 14.0. The standard InChI is InChI=1S/C35H49N2O9P/c1-4-5-21-30(38)43-35(25(2)3)46-47(45-29(20-12-13-22-36)32(39)37-23-14-19-28(37)33(40)41)31(24-26-15-8-6-9-16-26)44-34(42)27-17-10-7-11-18-27/h6-11,15-18,25,28-29,31,35H,4-5,12-14,19-24,36H2,1-3H3,(H,40,41)/t28-,29-,31?,35?,47?/m0/s1. The smallest absolute Gasteiger partial charge is 0.338 e. The lowest BCUT2D eigenvalue weighted by Gasteiger charge is -2.34. The molecule has 2 aromatic carbocycles. The minimum Gasteiger partial charge on any atom is -0.480 e. The van der Waals surface area contributed by atoms with E-state index in [4.69, 9.17) is 24.3 Å². The van der Waals surface area contributed by atoms with E-state index in [1.54, 1.807) is 30.3 Å². The highest BCUT2D eigenvalue weighted by Crippen LogP contribution is 2.50. The van der Waals surface area contributed by atoms with Gasteiger partial charge in [-0.15, -0.1) is 0 Å². The molecule has 0 spiro atoms. The number of nitrogens with two attached hydrogens (primary N) is 1. The lowest BCUT2D eigenvalue weighted by atomic mass is 10.1. The first-order valence-corrected chi connectivity index (χ1v) is 17.7. The predicted octanol–water partition coefficient (Wildman–Crippen LogP) is 6.05. The van der Waals surface area contributed by atoms with Crippen LogP contribution in [-0.4, -0.2) is 71.2 Å². The first-order valence-electron chi connectivity index (χ1n) is 16.5. The lowest BCUT2D eigenvalue weighted by Crippen LogP contribution is -2.46. The van der Waals surface area contributed by atoms with E-state index in [1.165, 1.54) is 4.90 Å². The summed E-state index contributed by atoms with van der Waals surface area (Å²) < 4.78 is 24.9. The number of aliphatic carboxylic acids is 1. The van der Waals surface area contributed by atoms with E-state index < -0.39 is 56.5 Å². The van der Waals surface area contributed by atoms with Crippen LogP contribution in [0.2, 0.25) is 0 Å². The molecule has 0 radical (unpaired) electrons. The summed E-state index contributed by atoms with van der Waals surface area (Å²) in [6.07, 6.45) is 1.99. The van der Waals surface area contributed by atoms with Gasteiger partial charge in [0.05, 0.1) is 5.56 Å². The quantitative estimate of drug-likeness (QED) is 0.0736. The van der Waals surface area contributed by atoms with E-state index in [1.807, 2.05) is 51.1 Å². The minimum absolute atomic E-state index is 0.185. The summed E-state index contributed by atoms with van der Waals surface area (Å²) in [7, 11) is -2.27. The van der Waals surface area contributed by atoms with Crippen LogP contribution in [0, 0.1) is 5.92 Å². The number of carboxylic acid groups (broad SMARTS) is 1. The van der Waals surface area contributed by atoms with Gasteiger partial charge < -0.3 is 29.7 Å². The fourth-order valence-corrected chi connectivity index (χ4v) is 6.89. The first kappa shape index (κ1) is 38.1. The van der Waals surface area contributed by atoms with Crippen molar-refractivity contribution in [2.75, 3.05) is 13.1 Å². The summed E-state index contributed by atoms with van der Waals surface area (Å²) in [5, 5.41) is 9.82. The van der Waals surface area contributed by atoms with E-state index in [-0.39, 0.29) is 31.7 Å². The van der Waals surface area contributed by atoms with Gasteiger partial charge in [-0.3, -0.25) is 14.1 Å². The van der Waals surface area contributed by atoms with Crippen molar-refractivity contribution >= 4 is 32.2 Å². The molecule has 0 aromatic heterocycles. The lowest BCUT2D eigenvalue weighted by molar-refractivity contribution is -0.171. The fraction of sp³-hybridized carbons (Fsp3) is 0.543. The zero-order valence-corrected chi connectivity index (χ0v) is 28.5. The zero-order chi connectivity index (χ0) is 34.2. The van der Waals surface area contributed by atoms with E-state index >= 15 is 0 Å². The molecule has 3 N–H and O–H groups in total. The van der Waals surface area contributed by atoms with Crippen LogP contribution < -0.4 is 5.73 Å². The van der Waals surface area contributed by atoms with Crippen molar-refractivity contribution in [1.29, 1.82) is 0 Å². The van der Waals surface area contributed by atoms with Crippen LogP contribution in [0.1, 0.15) is 88.1 Å². The molecule has 0 saturated carbocycles. The van der Waals surface area contributed by atoms with Gasteiger partial charge in [-0.1, -0.05) is 75.7 Å². The second-order valence-corrected chi connectivity index (χ2v) is 13.5. The number of ether oxygens (including phenoxy) is 2. The van der Waals surface area contributed by atoms with Gasteiger partial charge in [0.25, 0.3) is 5.91 Å². The maximum Gasteiger partial charge on any atom is 0.338 e. The monoisotopic (exact) mass is 672 g/mol. The highest BCUT2D eigenvalue weighted by atomic mass is 31.2. The summed E-state index contributed by atoms with van der Waals surface area (Å²) in [6, 6.07) is 16.9. The van der Waals surface area contributed by atoms with Crippen molar-refractivity contribution in [2.45, 2.75) is 103 Å². The number of esters is 2. The summed E-state index contributed by atoms with van der Waals surface area (Å²) in [4.78, 5) is 53.6. The molecule has 1 saturated heterocycles. The Morgan fingerprint density at radius 2 is 1.64 bits per heavy atom. The zero-order valence-electron chi connectivity index (χ0n) is 27.6. The molecule has 258 valence electrons. The molecule has 3 rings (SSSR count). The van der Waals surface area contributed by atoms with Crippen molar-refractivity contribution in [3.63, 3.8) is 0 Å². The van der Waals surface area contributed by atoms with E-state index in [9.17, 15) is 24.3 Å². The van der Waals surface area contributed by atoms with E-state index in [2.05, 4.69) is 0 Å². The second kappa shape index (κ2) is 20.1. The van der Waals surface area contributed by atoms with Crippen molar-refractivity contribution in [1.82, 2.24) is 4.90 Å². The van der Waals surface area contributed by atoms with Crippen molar-refractivity contribution in [2.24, 2.45) is 11.7 Å². The number of hydrogen-bond acceptors (Lipinski definition) is 9. The van der Waals surface area contributed by atoms with Gasteiger partial charge in [-0.25, -0.2) is 9.59 Å². The average Bonchev–Trinajstić information content (AvgIpc) is 3.57. The van der Waals surface area contributed by atoms with Gasteiger partial charge in [0.1, 0.15) is 12.1 Å². The Kier molecular flexibility index (Phi) is 16.3. The molecular weight excluding hydrogens is 623 g/mol. The first-order chi connectivity index (χ1) is 22.6. The molecule has 11 nitrogen and oxygen atoms in total. The molecule has 1 amide bonds. The minimum atomic E-state index is -2.27. The number of nitrogens with zero attached hydrogens (tertiary/aromatic N) is 1. The summed E-state index contributed by atoms with van der Waals surface area (Å²) >= 11 is 0. The number of carboxylic acids is 1. The van der Waals surface area contributed by atoms with Crippen LogP contribution in [-0.2, 0) is 39.3 Å². The van der Waals surface area contributed by atoms with Crippen LogP contribution in [0.5, 0.6) is 0 Å². The van der Waals surface area contributed by atoms with Gasteiger partial charge in [0.2, 0.25) is 14.7 Å². The molecule has 3 unspecified atom stereocenters. The van der Waals surface area contributed by atoms with E-state index in [0.717, 1.165) is 12.0 Å². The van der Waals surface area contributed by atoms with E-state index in [0.29, 0.717) is 44.2 Å². The number of carbonyl (C=O) groups excluding carboxylic acids is 3. The molecule has 1 aliphatic rings. The Bertz CT molecular complexity index is 1260. The molecule has 1 heterocycles. The van der Waals surface area contributed by atoms with Crippen LogP contribution in [0.4, 0.5) is 0 Å². The van der Waals surface area contributed by atoms with Crippen molar-refractivity contribution in [3.05, 3.63) is 71.8 Å². The summed E-state index contributed by atoms with van der Waals surface area (Å²) in [6.45, 7) is 6.33. The average molecular weight is 673 g/mol. The molecule has 47 heavy (non-hydrogen) atoms. The topological polar surface area (TPSA) is 155 Å². The molecule has 1 aliphatic heterocycles. The molecule has 0 aliphatic carbocycles. The van der Waals surface area contributed by atoms with Crippen molar-refractivity contribution in [3.8, 4) is 0 Å². The molecule has 2 aromatic rings. The Balaban J connectivity index is 2.03. The number of amides is 1. The predicted molar refractivity (Wildman–Crippen MR) is 178 cm³/mol. The molecule has 12 heteroatoms. The van der Waals surface area contributed by atoms with Crippen LogP contribution in [0.25, 0.3) is 0 Å². The number of hydrogen-bond donors (Lipinski definition) is 2. The Morgan fingerprint density at radius 1 is 0.957 bits per heavy atom. The van der Waals surface area contributed by atoms with Gasteiger partial charge in [0, 0.05) is 25.3 Å². The van der Waals surface area contributed by atoms with Gasteiger partial charge in [0.15, 0.2) is 5.85 Å². The number of benzene rings is 2. The molecule has 0 bridgehead atoms. The number of unbranched alkanes of at least 4 members (excludes halogenated alkanes) is 2. The highest BCUT2D eigenvalue weighted by Gasteiger charge is 2.41. The highest BCUT2D eigenvalue weighted by molar-refractivity contribution is 7.48. The number of likely N-dealkylation sites (tertiary alicyclic amines) is 1. The third-order valence-electron chi connectivity index (χ3n) is 7.72. The third-order valence-corrected chi connectivity index (χ3v) is 9.36. The Labute approximate surface area is 279 Å². The summed E-state index contributed by atoms with van der Waals surface area (Å²) in [5.41, 5.74) is 6.91. The van der Waals surface area contributed by atoms with Crippen LogP contribution >= 0.6 is 8.38 Å². The normalized spacial score (nSPS) is 17.1. The largest absolute Gasteiger partial charge is 0.480 e. The molecule has 1 fully saturated rings. The van der Waals surface area contributed by atoms with Gasteiger partial charge in [-0.05, 0) is 62.8 Å². The van der Waals surface area contributed by atoms with Gasteiger partial charge in [-0.2, -0.15) is 0 Å². The molecule has 5 atom stereocenters. The van der Waals surface area contributed by atoms with Crippen LogP contribution in [0.3, 0.4) is 0 Å². The van der Waals surface area contributed by atoms with Crippen molar-refractivity contribution < 1.29 is 42.8 Å². The SMILES string of the molecule is CCCCC(=O)OC(OP(O[C@@H](CCCCN)C(=O)N1CCC[C@H]1C(=O)O)C(Cc1ccccc1)OC(=O)c1ccccc1)C(C)C. The van der Waals surface area contributed by atoms with Gasteiger partial charge >= 0.3 is 17.9 Å². The Morgan fingerprint density at radius 3 is 2.26 bits per heavy atom. The molecular formula is C35H49N2O9P. The third kappa shape index (κ3) is 12.3. The number of rotatable bonds is 20. The summed E-state index contributed by atoms with van der Waals surface area (Å²) in [5.74, 6) is -3.92.